The minimum atomic E-state index is -1.13. The quantitative estimate of drug-likeness (QED) is 0.266. The van der Waals surface area contributed by atoms with E-state index in [-0.39, 0.29) is 59.3 Å². The molecule has 7 nitrogen and oxygen atoms in total. The van der Waals surface area contributed by atoms with Crippen LogP contribution in [0.3, 0.4) is 0 Å². The van der Waals surface area contributed by atoms with Crippen LogP contribution in [0.25, 0.3) is 0 Å². The molecular weight excluding hydrogens is 496 g/mol. The molecule has 5 aliphatic rings. The smallest absolute Gasteiger partial charge is 0.314 e. The van der Waals surface area contributed by atoms with Gasteiger partial charge in [-0.25, -0.2) is 0 Å². The first kappa shape index (κ1) is 28.1. The number of hydrogen-bond donors (Lipinski definition) is 1. The minimum Gasteiger partial charge on any atom is -0.481 e. The van der Waals surface area contributed by atoms with Gasteiger partial charge in [-0.15, -0.1) is 0 Å². The van der Waals surface area contributed by atoms with E-state index in [0.29, 0.717) is 12.8 Å². The summed E-state index contributed by atoms with van der Waals surface area (Å²) in [6.45, 7) is 14.0. The summed E-state index contributed by atoms with van der Waals surface area (Å²) in [4.78, 5) is 51.1. The molecule has 0 unspecified atom stereocenters. The highest BCUT2D eigenvalue weighted by Crippen LogP contribution is 2.74. The van der Waals surface area contributed by atoms with E-state index >= 15 is 0 Å². The molecule has 0 radical (unpaired) electrons. The van der Waals surface area contributed by atoms with E-state index < -0.39 is 28.8 Å². The van der Waals surface area contributed by atoms with Crippen LogP contribution in [0.15, 0.2) is 22.8 Å². The summed E-state index contributed by atoms with van der Waals surface area (Å²) >= 11 is 0. The zero-order chi connectivity index (χ0) is 28.7. The summed E-state index contributed by atoms with van der Waals surface area (Å²) in [6, 6.07) is 0. The normalized spacial score (nSPS) is 41.9. The van der Waals surface area contributed by atoms with Crippen LogP contribution in [-0.2, 0) is 28.7 Å². The fraction of sp³-hybridized carbons (Fsp3) is 0.750. The Hall–Kier alpha value is -2.44. The van der Waals surface area contributed by atoms with Crippen molar-refractivity contribution in [3.05, 3.63) is 22.8 Å². The van der Waals surface area contributed by atoms with Crippen molar-refractivity contribution < 1.29 is 33.8 Å². The molecule has 5 rings (SSSR count). The predicted octanol–water partition coefficient (Wildman–Crippen LogP) is 5.81. The lowest BCUT2D eigenvalue weighted by Gasteiger charge is -2.62. The number of hydrogen-bond acceptors (Lipinski definition) is 6. The number of rotatable bonds is 5. The number of carbonyl (C=O) groups is 4. The number of allylic oxidation sites excluding steroid dienone is 3. The lowest BCUT2D eigenvalue weighted by atomic mass is 9.42. The molecule has 2 saturated carbocycles. The second-order valence-corrected chi connectivity index (χ2v) is 14.4. The molecule has 1 N–H and O–H groups in total. The number of aliphatic carboxylic acids is 1. The summed E-state index contributed by atoms with van der Waals surface area (Å²) in [5.74, 6) is -2.21. The fourth-order valence-electron chi connectivity index (χ4n) is 10.1. The van der Waals surface area contributed by atoms with E-state index in [1.165, 1.54) is 12.5 Å². The van der Waals surface area contributed by atoms with E-state index in [1.807, 2.05) is 13.8 Å². The third-order valence-corrected chi connectivity index (χ3v) is 11.5. The molecule has 0 aromatic rings. The van der Waals surface area contributed by atoms with Gasteiger partial charge in [-0.05, 0) is 80.6 Å². The van der Waals surface area contributed by atoms with Gasteiger partial charge in [0.25, 0.3) is 0 Å². The average Bonchev–Trinajstić information content (AvgIpc) is 3.24. The molecule has 8 atom stereocenters. The van der Waals surface area contributed by atoms with Gasteiger partial charge in [0.05, 0.1) is 11.3 Å². The number of ether oxygens (including phenoxy) is 2. The first-order valence-electron chi connectivity index (χ1n) is 14.6. The molecule has 7 heteroatoms. The zero-order valence-electron chi connectivity index (χ0n) is 24.5. The standard InChI is InChI=1S/C32H44O7/c1-17(2)12-19(34)13-21-26-24(39-27(21)35)16-32(28(36)37)23-15-29(4,5)25-14-20(38-18(3)33)8-10-30(25,6)22(23)9-11-31(26,32)7/h12,20-21,24-26H,8-11,13-16H2,1-7H3,(H,36,37)/t20-,21-,24+,25-,26+,30-,31-,32+/m1/s1. The van der Waals surface area contributed by atoms with Crippen molar-refractivity contribution in [1.82, 2.24) is 0 Å². The van der Waals surface area contributed by atoms with Crippen LogP contribution < -0.4 is 0 Å². The Morgan fingerprint density at radius 2 is 1.77 bits per heavy atom. The maximum absolute atomic E-state index is 13.5. The van der Waals surface area contributed by atoms with Gasteiger partial charge in [0.1, 0.15) is 12.2 Å². The van der Waals surface area contributed by atoms with Crippen LogP contribution in [0.1, 0.15) is 99.8 Å². The first-order valence-corrected chi connectivity index (χ1v) is 14.6. The topological polar surface area (TPSA) is 107 Å². The Bertz CT molecular complexity index is 1190. The zero-order valence-corrected chi connectivity index (χ0v) is 24.5. The van der Waals surface area contributed by atoms with Crippen LogP contribution in [-0.4, -0.2) is 41.0 Å². The van der Waals surface area contributed by atoms with E-state index in [4.69, 9.17) is 9.47 Å². The molecule has 0 aromatic heterocycles. The lowest BCUT2D eigenvalue weighted by molar-refractivity contribution is -0.162. The Balaban J connectivity index is 1.58. The molecule has 0 aromatic carbocycles. The highest BCUT2D eigenvalue weighted by molar-refractivity contribution is 5.94. The summed E-state index contributed by atoms with van der Waals surface area (Å²) in [7, 11) is 0. The Labute approximate surface area is 231 Å². The van der Waals surface area contributed by atoms with E-state index in [1.54, 1.807) is 6.08 Å². The number of carbonyl (C=O) groups excluding carboxylic acids is 3. The van der Waals surface area contributed by atoms with Crippen molar-refractivity contribution in [2.75, 3.05) is 0 Å². The molecular formula is C32H44O7. The summed E-state index contributed by atoms with van der Waals surface area (Å²) in [5.41, 5.74) is 0.994. The van der Waals surface area contributed by atoms with Crippen LogP contribution in [0, 0.1) is 39.4 Å². The molecule has 1 saturated heterocycles. The van der Waals surface area contributed by atoms with Gasteiger partial charge in [0.2, 0.25) is 0 Å². The fourth-order valence-corrected chi connectivity index (χ4v) is 10.1. The summed E-state index contributed by atoms with van der Waals surface area (Å²) in [5, 5.41) is 11.1. The van der Waals surface area contributed by atoms with E-state index in [9.17, 15) is 24.3 Å². The third kappa shape index (κ3) is 3.96. The van der Waals surface area contributed by atoms with Crippen molar-refractivity contribution >= 4 is 23.7 Å². The molecule has 4 aliphatic carbocycles. The highest BCUT2D eigenvalue weighted by Gasteiger charge is 2.74. The molecule has 0 amide bonds. The van der Waals surface area contributed by atoms with Gasteiger partial charge in [0.15, 0.2) is 5.78 Å². The van der Waals surface area contributed by atoms with Crippen molar-refractivity contribution in [2.24, 2.45) is 39.4 Å². The summed E-state index contributed by atoms with van der Waals surface area (Å²) < 4.78 is 11.6. The van der Waals surface area contributed by atoms with Gasteiger partial charge in [-0.2, -0.15) is 0 Å². The van der Waals surface area contributed by atoms with Gasteiger partial charge in [0, 0.05) is 25.7 Å². The molecule has 214 valence electrons. The minimum absolute atomic E-state index is 0.0607. The number of carboxylic acids is 1. The third-order valence-electron chi connectivity index (χ3n) is 11.5. The number of fused-ring (bicyclic) bond motifs is 6. The van der Waals surface area contributed by atoms with Crippen LogP contribution in [0.4, 0.5) is 0 Å². The molecule has 1 aliphatic heterocycles. The highest BCUT2D eigenvalue weighted by atomic mass is 16.6. The van der Waals surface area contributed by atoms with Crippen LogP contribution in [0.5, 0.6) is 0 Å². The lowest BCUT2D eigenvalue weighted by Crippen LogP contribution is -2.57. The van der Waals surface area contributed by atoms with Gasteiger partial charge in [-0.3, -0.25) is 19.2 Å². The second kappa shape index (κ2) is 9.04. The molecule has 0 spiro atoms. The Kier molecular flexibility index (Phi) is 6.51. The van der Waals surface area contributed by atoms with E-state index in [0.717, 1.165) is 36.8 Å². The predicted molar refractivity (Wildman–Crippen MR) is 144 cm³/mol. The monoisotopic (exact) mass is 540 g/mol. The van der Waals surface area contributed by atoms with Gasteiger partial charge < -0.3 is 14.6 Å². The molecule has 1 heterocycles. The second-order valence-electron chi connectivity index (χ2n) is 14.4. The van der Waals surface area contributed by atoms with Crippen LogP contribution in [0.2, 0.25) is 0 Å². The average molecular weight is 541 g/mol. The van der Waals surface area contributed by atoms with Gasteiger partial charge in [-0.1, -0.05) is 44.4 Å². The maximum atomic E-state index is 13.5. The SMILES string of the molecule is CC(=O)O[C@@H]1CC[C@]2(C)C3=C(CC(C)(C)[C@H]2C1)[C@]1(C(=O)O)C[C@@H]2OC(=O)[C@H](CC(=O)C=C(C)C)[C@@H]2[C@@]1(C)CC3. The molecule has 0 bridgehead atoms. The number of esters is 2. The first-order chi connectivity index (χ1) is 18.1. The van der Waals surface area contributed by atoms with Crippen molar-refractivity contribution in [3.8, 4) is 0 Å². The van der Waals surface area contributed by atoms with Crippen molar-refractivity contribution in [2.45, 2.75) is 112 Å². The number of carboxylic acid groups (broad SMARTS) is 1. The molecule has 3 fully saturated rings. The van der Waals surface area contributed by atoms with Gasteiger partial charge >= 0.3 is 17.9 Å². The molecule has 39 heavy (non-hydrogen) atoms. The summed E-state index contributed by atoms with van der Waals surface area (Å²) in [6.07, 6.45) is 5.81. The van der Waals surface area contributed by atoms with E-state index in [2.05, 4.69) is 27.7 Å². The maximum Gasteiger partial charge on any atom is 0.314 e. The van der Waals surface area contributed by atoms with Crippen molar-refractivity contribution in [1.29, 1.82) is 0 Å². The largest absolute Gasteiger partial charge is 0.481 e. The number of ketones is 1. The Morgan fingerprint density at radius 3 is 2.38 bits per heavy atom. The van der Waals surface area contributed by atoms with Crippen LogP contribution >= 0.6 is 0 Å². The van der Waals surface area contributed by atoms with Crippen molar-refractivity contribution in [3.63, 3.8) is 0 Å². The Morgan fingerprint density at radius 1 is 1.08 bits per heavy atom.